The second-order valence-electron chi connectivity index (χ2n) is 3.78. The summed E-state index contributed by atoms with van der Waals surface area (Å²) in [7, 11) is 0. The first-order valence-corrected chi connectivity index (χ1v) is 5.27. The van der Waals surface area contributed by atoms with Crippen molar-refractivity contribution in [2.75, 3.05) is 6.61 Å². The monoisotopic (exact) mass is 268 g/mol. The van der Waals surface area contributed by atoms with Crippen LogP contribution in [0.15, 0.2) is 18.2 Å². The molecule has 19 heavy (non-hydrogen) atoms. The van der Waals surface area contributed by atoms with Crippen LogP contribution in [0, 0.1) is 17.0 Å². The van der Waals surface area contributed by atoms with Gasteiger partial charge in [-0.15, -0.1) is 0 Å². The van der Waals surface area contributed by atoms with Gasteiger partial charge in [-0.1, -0.05) is 12.1 Å². The van der Waals surface area contributed by atoms with Crippen molar-refractivity contribution in [1.29, 1.82) is 0 Å². The number of carboxylic acids is 1. The van der Waals surface area contributed by atoms with Crippen molar-refractivity contribution in [2.45, 2.75) is 13.0 Å². The summed E-state index contributed by atoms with van der Waals surface area (Å²) in [5.74, 6) is -2.34. The maximum absolute atomic E-state index is 11.8. The fraction of sp³-hybridized carbons (Fsp3) is 0.273. The number of aliphatic carboxylic acids is 1. The highest BCUT2D eigenvalue weighted by atomic mass is 16.6. The number of aryl methyl sites for hydroxylation is 1. The minimum absolute atomic E-state index is 0.246. The summed E-state index contributed by atoms with van der Waals surface area (Å²) in [6.07, 6.45) is 0. The average molecular weight is 268 g/mol. The van der Waals surface area contributed by atoms with E-state index in [-0.39, 0.29) is 16.8 Å². The van der Waals surface area contributed by atoms with Crippen LogP contribution in [0.2, 0.25) is 0 Å². The van der Waals surface area contributed by atoms with E-state index in [1.54, 1.807) is 0 Å². The van der Waals surface area contributed by atoms with Crippen LogP contribution in [-0.2, 0) is 4.79 Å². The van der Waals surface area contributed by atoms with Crippen LogP contribution < -0.4 is 5.32 Å². The minimum Gasteiger partial charge on any atom is -0.480 e. The minimum atomic E-state index is -1.51. The normalized spacial score (nSPS) is 11.7. The van der Waals surface area contributed by atoms with Gasteiger partial charge in [-0.25, -0.2) is 4.79 Å². The molecule has 0 radical (unpaired) electrons. The summed E-state index contributed by atoms with van der Waals surface area (Å²) in [4.78, 5) is 32.7. The van der Waals surface area contributed by atoms with E-state index in [9.17, 15) is 19.7 Å². The molecular formula is C11H12N2O6. The molecular weight excluding hydrogens is 256 g/mol. The van der Waals surface area contributed by atoms with Crippen molar-refractivity contribution in [1.82, 2.24) is 5.32 Å². The number of carbonyl (C=O) groups excluding carboxylic acids is 1. The molecule has 1 aromatic carbocycles. The molecule has 1 atom stereocenters. The summed E-state index contributed by atoms with van der Waals surface area (Å²) >= 11 is 0. The van der Waals surface area contributed by atoms with E-state index in [0.29, 0.717) is 0 Å². The third-order valence-corrected chi connectivity index (χ3v) is 2.45. The quantitative estimate of drug-likeness (QED) is 0.512. The van der Waals surface area contributed by atoms with E-state index in [1.165, 1.54) is 25.1 Å². The van der Waals surface area contributed by atoms with Gasteiger partial charge >= 0.3 is 5.97 Å². The number of aliphatic hydroxyl groups excluding tert-OH is 1. The lowest BCUT2D eigenvalue weighted by atomic mass is 10.1. The molecule has 0 aliphatic carbocycles. The lowest BCUT2D eigenvalue weighted by Crippen LogP contribution is -2.43. The number of benzene rings is 1. The number of rotatable bonds is 5. The van der Waals surface area contributed by atoms with E-state index in [2.05, 4.69) is 0 Å². The van der Waals surface area contributed by atoms with Gasteiger partial charge in [0.25, 0.3) is 11.6 Å². The third kappa shape index (κ3) is 3.26. The first-order valence-electron chi connectivity index (χ1n) is 5.27. The first kappa shape index (κ1) is 14.6. The SMILES string of the molecule is Cc1cccc(C(=O)NC(CO)C(=O)O)c1[N+](=O)[O-]. The van der Waals surface area contributed by atoms with E-state index >= 15 is 0 Å². The molecule has 8 nitrogen and oxygen atoms in total. The third-order valence-electron chi connectivity index (χ3n) is 2.45. The molecule has 0 saturated carbocycles. The number of nitrogens with zero attached hydrogens (tertiary/aromatic N) is 1. The molecule has 0 fully saturated rings. The summed E-state index contributed by atoms with van der Waals surface area (Å²) in [6, 6.07) is 2.63. The molecule has 0 bridgehead atoms. The van der Waals surface area contributed by atoms with Crippen LogP contribution in [0.3, 0.4) is 0 Å². The molecule has 8 heteroatoms. The van der Waals surface area contributed by atoms with E-state index in [0.717, 1.165) is 0 Å². The summed E-state index contributed by atoms with van der Waals surface area (Å²) in [5.41, 5.74) is -0.347. The van der Waals surface area contributed by atoms with Crippen molar-refractivity contribution in [3.05, 3.63) is 39.4 Å². The van der Waals surface area contributed by atoms with Crippen LogP contribution in [0.1, 0.15) is 15.9 Å². The van der Waals surface area contributed by atoms with Gasteiger partial charge in [-0.05, 0) is 13.0 Å². The van der Waals surface area contributed by atoms with Gasteiger partial charge in [0.05, 0.1) is 11.5 Å². The molecule has 1 rings (SSSR count). The number of nitro benzene ring substituents is 1. The predicted molar refractivity (Wildman–Crippen MR) is 63.8 cm³/mol. The molecule has 0 aliphatic rings. The molecule has 0 aromatic heterocycles. The van der Waals surface area contributed by atoms with Crippen LogP contribution in [0.5, 0.6) is 0 Å². The Morgan fingerprint density at radius 1 is 1.47 bits per heavy atom. The maximum atomic E-state index is 11.8. The number of aliphatic hydroxyl groups is 1. The Hall–Kier alpha value is -2.48. The summed E-state index contributed by atoms with van der Waals surface area (Å²) in [5, 5.41) is 30.4. The van der Waals surface area contributed by atoms with Crippen LogP contribution in [0.25, 0.3) is 0 Å². The standard InChI is InChI=1S/C11H12N2O6/c1-6-3-2-4-7(9(6)13(18)19)10(15)12-8(5-14)11(16)17/h2-4,8,14H,5H2,1H3,(H,12,15)(H,16,17). The molecule has 102 valence electrons. The van der Waals surface area contributed by atoms with Gasteiger partial charge in [-0.2, -0.15) is 0 Å². The maximum Gasteiger partial charge on any atom is 0.328 e. The smallest absolute Gasteiger partial charge is 0.328 e. The van der Waals surface area contributed by atoms with Gasteiger partial charge in [0.1, 0.15) is 5.56 Å². The molecule has 0 spiro atoms. The Bertz CT molecular complexity index is 528. The molecule has 1 aromatic rings. The number of carboxylic acid groups (broad SMARTS) is 1. The van der Waals surface area contributed by atoms with Gasteiger partial charge in [0, 0.05) is 5.56 Å². The van der Waals surface area contributed by atoms with Crippen molar-refractivity contribution in [3.63, 3.8) is 0 Å². The number of carbonyl (C=O) groups is 2. The second kappa shape index (κ2) is 5.91. The fourth-order valence-corrected chi connectivity index (χ4v) is 1.51. The zero-order valence-electron chi connectivity index (χ0n) is 9.99. The van der Waals surface area contributed by atoms with E-state index in [4.69, 9.17) is 10.2 Å². The largest absolute Gasteiger partial charge is 0.480 e. The summed E-state index contributed by atoms with van der Waals surface area (Å²) < 4.78 is 0. The van der Waals surface area contributed by atoms with Crippen molar-refractivity contribution in [2.24, 2.45) is 0 Å². The molecule has 1 unspecified atom stereocenters. The fourth-order valence-electron chi connectivity index (χ4n) is 1.51. The number of hydrogen-bond donors (Lipinski definition) is 3. The lowest BCUT2D eigenvalue weighted by molar-refractivity contribution is -0.385. The van der Waals surface area contributed by atoms with Crippen molar-refractivity contribution in [3.8, 4) is 0 Å². The van der Waals surface area contributed by atoms with Crippen LogP contribution in [0.4, 0.5) is 5.69 Å². The van der Waals surface area contributed by atoms with Gasteiger partial charge < -0.3 is 15.5 Å². The van der Waals surface area contributed by atoms with Gasteiger partial charge in [0.15, 0.2) is 6.04 Å². The highest BCUT2D eigenvalue weighted by Crippen LogP contribution is 2.22. The Morgan fingerprint density at radius 2 is 2.11 bits per heavy atom. The molecule has 3 N–H and O–H groups in total. The lowest BCUT2D eigenvalue weighted by Gasteiger charge is -2.12. The van der Waals surface area contributed by atoms with Gasteiger partial charge in [-0.3, -0.25) is 14.9 Å². The number of nitro groups is 1. The van der Waals surface area contributed by atoms with Crippen LogP contribution in [-0.4, -0.2) is 39.7 Å². The molecule has 1 amide bonds. The highest BCUT2D eigenvalue weighted by molar-refractivity contribution is 6.00. The van der Waals surface area contributed by atoms with E-state index < -0.39 is 29.4 Å². The number of hydrogen-bond acceptors (Lipinski definition) is 5. The Labute approximate surface area is 107 Å². The van der Waals surface area contributed by atoms with Crippen LogP contribution >= 0.6 is 0 Å². The Balaban J connectivity index is 3.10. The number of amides is 1. The number of nitrogens with one attached hydrogen (secondary N) is 1. The van der Waals surface area contributed by atoms with Crippen molar-refractivity contribution >= 4 is 17.6 Å². The zero-order valence-corrected chi connectivity index (χ0v) is 9.99. The topological polar surface area (TPSA) is 130 Å². The second-order valence-corrected chi connectivity index (χ2v) is 3.78. The number of para-hydroxylation sites is 1. The van der Waals surface area contributed by atoms with Gasteiger partial charge in [0.2, 0.25) is 0 Å². The predicted octanol–water partition coefficient (Wildman–Crippen LogP) is 0.0785. The average Bonchev–Trinajstić information content (AvgIpc) is 2.34. The first-order chi connectivity index (χ1) is 8.88. The molecule has 0 saturated heterocycles. The van der Waals surface area contributed by atoms with E-state index in [1.807, 2.05) is 5.32 Å². The summed E-state index contributed by atoms with van der Waals surface area (Å²) in [6.45, 7) is 0.663. The Morgan fingerprint density at radius 3 is 2.58 bits per heavy atom. The molecule has 0 heterocycles. The van der Waals surface area contributed by atoms with Crippen molar-refractivity contribution < 1.29 is 24.7 Å². The molecule has 0 aliphatic heterocycles. The zero-order chi connectivity index (χ0) is 14.6. The highest BCUT2D eigenvalue weighted by Gasteiger charge is 2.26. The Kier molecular flexibility index (Phi) is 4.54.